The molecule has 9 heteroatoms. The van der Waals surface area contributed by atoms with E-state index in [-0.39, 0.29) is 24.8 Å². The highest BCUT2D eigenvalue weighted by atomic mass is 32.1. The molecule has 2 N–H and O–H groups in total. The first kappa shape index (κ1) is 21.4. The fourth-order valence-electron chi connectivity index (χ4n) is 2.73. The molecule has 0 spiro atoms. The van der Waals surface area contributed by atoms with Gasteiger partial charge in [-0.1, -0.05) is 11.3 Å². The van der Waals surface area contributed by atoms with Crippen molar-refractivity contribution in [1.82, 2.24) is 10.3 Å². The molecule has 0 atom stereocenters. The monoisotopic (exact) mass is 429 g/mol. The molecule has 158 valence electrons. The molecule has 0 aliphatic heterocycles. The van der Waals surface area contributed by atoms with E-state index in [1.165, 1.54) is 25.6 Å². The lowest BCUT2D eigenvalue weighted by Gasteiger charge is -2.09. The van der Waals surface area contributed by atoms with E-state index < -0.39 is 0 Å². The number of benzene rings is 2. The minimum Gasteiger partial charge on any atom is -0.497 e. The van der Waals surface area contributed by atoms with Crippen LogP contribution < -0.4 is 24.8 Å². The predicted molar refractivity (Wildman–Crippen MR) is 116 cm³/mol. The molecular weight excluding hydrogens is 406 g/mol. The summed E-state index contributed by atoms with van der Waals surface area (Å²) in [6.07, 6.45) is 0.118. The lowest BCUT2D eigenvalue weighted by Crippen LogP contribution is -2.27. The second kappa shape index (κ2) is 9.93. The summed E-state index contributed by atoms with van der Waals surface area (Å²) >= 11 is 1.37. The number of aromatic nitrogens is 1. The van der Waals surface area contributed by atoms with E-state index in [2.05, 4.69) is 15.6 Å². The smallest absolute Gasteiger partial charge is 0.251 e. The highest BCUT2D eigenvalue weighted by molar-refractivity contribution is 7.22. The average molecular weight is 429 g/mol. The molecule has 8 nitrogen and oxygen atoms in total. The molecule has 0 saturated carbocycles. The molecule has 3 aromatic rings. The fraction of sp³-hybridized carbons (Fsp3) is 0.286. The van der Waals surface area contributed by atoms with Crippen LogP contribution in [0.4, 0.5) is 5.13 Å². The highest BCUT2D eigenvalue weighted by Crippen LogP contribution is 2.29. The van der Waals surface area contributed by atoms with Crippen LogP contribution in [0.25, 0.3) is 10.2 Å². The fourth-order valence-corrected chi connectivity index (χ4v) is 3.64. The van der Waals surface area contributed by atoms with Crippen molar-refractivity contribution in [2.45, 2.75) is 13.3 Å². The maximum atomic E-state index is 12.3. The van der Waals surface area contributed by atoms with Gasteiger partial charge in [0.15, 0.2) is 5.13 Å². The molecule has 1 heterocycles. The quantitative estimate of drug-likeness (QED) is 0.540. The molecule has 0 fully saturated rings. The van der Waals surface area contributed by atoms with Crippen molar-refractivity contribution in [3.63, 3.8) is 0 Å². The Labute approximate surface area is 178 Å². The normalized spacial score (nSPS) is 10.5. The summed E-state index contributed by atoms with van der Waals surface area (Å²) in [5.41, 5.74) is 1.18. The molecule has 0 bridgehead atoms. The Balaban J connectivity index is 1.53. The average Bonchev–Trinajstić information content (AvgIpc) is 3.14. The van der Waals surface area contributed by atoms with Crippen LogP contribution in [0.5, 0.6) is 17.2 Å². The summed E-state index contributed by atoms with van der Waals surface area (Å²) in [5, 5.41) is 6.00. The number of rotatable bonds is 9. The topological polar surface area (TPSA) is 98.8 Å². The molecule has 0 unspecified atom stereocenters. The third kappa shape index (κ3) is 5.38. The number of hydrogen-bond donors (Lipinski definition) is 2. The molecule has 30 heavy (non-hydrogen) atoms. The van der Waals surface area contributed by atoms with E-state index >= 15 is 0 Å². The second-order valence-electron chi connectivity index (χ2n) is 6.24. The molecule has 2 aromatic carbocycles. The SMILES string of the molecule is CCOc1ccc2nc(NC(=O)CCNC(=O)c3cc(OC)cc(OC)c3)sc2c1. The van der Waals surface area contributed by atoms with E-state index in [4.69, 9.17) is 14.2 Å². The number of nitrogens with one attached hydrogen (secondary N) is 2. The van der Waals surface area contributed by atoms with Crippen molar-refractivity contribution in [3.8, 4) is 17.2 Å². The molecule has 2 amide bonds. The number of hydrogen-bond acceptors (Lipinski definition) is 7. The van der Waals surface area contributed by atoms with Gasteiger partial charge in [0.05, 0.1) is 31.0 Å². The van der Waals surface area contributed by atoms with Crippen LogP contribution in [-0.4, -0.2) is 44.2 Å². The van der Waals surface area contributed by atoms with Crippen LogP contribution in [0.2, 0.25) is 0 Å². The van der Waals surface area contributed by atoms with E-state index in [1.54, 1.807) is 18.2 Å². The number of carbonyl (C=O) groups excluding carboxylic acids is 2. The van der Waals surface area contributed by atoms with Gasteiger partial charge in [-0.15, -0.1) is 0 Å². The minimum absolute atomic E-state index is 0.118. The summed E-state index contributed by atoms with van der Waals surface area (Å²) in [5.74, 6) is 1.25. The third-order valence-corrected chi connectivity index (χ3v) is 5.10. The van der Waals surface area contributed by atoms with Crippen LogP contribution in [0.3, 0.4) is 0 Å². The van der Waals surface area contributed by atoms with Gasteiger partial charge in [-0.2, -0.15) is 0 Å². The minimum atomic E-state index is -0.316. The number of amides is 2. The molecule has 0 saturated heterocycles. The number of methoxy groups -OCH3 is 2. The molecule has 0 aliphatic rings. The van der Waals surface area contributed by atoms with Gasteiger partial charge in [0.2, 0.25) is 5.91 Å². The van der Waals surface area contributed by atoms with Gasteiger partial charge >= 0.3 is 0 Å². The second-order valence-corrected chi connectivity index (χ2v) is 7.27. The Hall–Kier alpha value is -3.33. The van der Waals surface area contributed by atoms with E-state index in [1.807, 2.05) is 25.1 Å². The third-order valence-electron chi connectivity index (χ3n) is 4.17. The van der Waals surface area contributed by atoms with Crippen LogP contribution in [0.1, 0.15) is 23.7 Å². The summed E-state index contributed by atoms with van der Waals surface area (Å²) in [7, 11) is 3.03. The molecule has 0 aliphatic carbocycles. The van der Waals surface area contributed by atoms with Crippen molar-refractivity contribution >= 4 is 38.5 Å². The van der Waals surface area contributed by atoms with Crippen molar-refractivity contribution in [2.24, 2.45) is 0 Å². The summed E-state index contributed by atoms with van der Waals surface area (Å²) in [6, 6.07) is 10.5. The number of carbonyl (C=O) groups is 2. The number of nitrogens with zero attached hydrogens (tertiary/aromatic N) is 1. The van der Waals surface area contributed by atoms with Gasteiger partial charge in [-0.25, -0.2) is 4.98 Å². The Morgan fingerprint density at radius 3 is 2.43 bits per heavy atom. The largest absolute Gasteiger partial charge is 0.497 e. The van der Waals surface area contributed by atoms with Crippen LogP contribution in [0.15, 0.2) is 36.4 Å². The van der Waals surface area contributed by atoms with E-state index in [9.17, 15) is 9.59 Å². The molecule has 3 rings (SSSR count). The first-order valence-corrected chi connectivity index (χ1v) is 10.2. The Morgan fingerprint density at radius 2 is 1.77 bits per heavy atom. The molecule has 1 aromatic heterocycles. The zero-order chi connectivity index (χ0) is 21.5. The first-order chi connectivity index (χ1) is 14.5. The van der Waals surface area contributed by atoms with Gasteiger partial charge in [0, 0.05) is 24.6 Å². The standard InChI is InChI=1S/C21H23N3O5S/c1-4-29-14-5-6-17-18(12-14)30-21(23-17)24-19(25)7-8-22-20(26)13-9-15(27-2)11-16(10-13)28-3/h5-6,9-12H,4,7-8H2,1-3H3,(H,22,26)(H,23,24,25). The number of thiazole rings is 1. The van der Waals surface area contributed by atoms with Gasteiger partial charge in [0.25, 0.3) is 5.91 Å². The van der Waals surface area contributed by atoms with Crippen molar-refractivity contribution in [1.29, 1.82) is 0 Å². The number of ether oxygens (including phenoxy) is 3. The number of anilines is 1. The lowest BCUT2D eigenvalue weighted by molar-refractivity contribution is -0.116. The summed E-state index contributed by atoms with van der Waals surface area (Å²) in [4.78, 5) is 29.0. The Kier molecular flexibility index (Phi) is 7.08. The first-order valence-electron chi connectivity index (χ1n) is 9.37. The lowest BCUT2D eigenvalue weighted by atomic mass is 10.2. The van der Waals surface area contributed by atoms with Crippen LogP contribution >= 0.6 is 11.3 Å². The zero-order valence-electron chi connectivity index (χ0n) is 17.0. The molecular formula is C21H23N3O5S. The highest BCUT2D eigenvalue weighted by Gasteiger charge is 2.12. The predicted octanol–water partition coefficient (Wildman–Crippen LogP) is 3.47. The van der Waals surface area contributed by atoms with Crippen molar-refractivity contribution in [3.05, 3.63) is 42.0 Å². The van der Waals surface area contributed by atoms with Crippen molar-refractivity contribution in [2.75, 3.05) is 32.7 Å². The maximum absolute atomic E-state index is 12.3. The summed E-state index contributed by atoms with van der Waals surface area (Å²) < 4.78 is 16.7. The van der Waals surface area contributed by atoms with Gasteiger partial charge in [-0.05, 0) is 37.3 Å². The Morgan fingerprint density at radius 1 is 1.03 bits per heavy atom. The van der Waals surface area contributed by atoms with Gasteiger partial charge < -0.3 is 24.8 Å². The van der Waals surface area contributed by atoms with Crippen LogP contribution in [0, 0.1) is 0 Å². The number of fused-ring (bicyclic) bond motifs is 1. The maximum Gasteiger partial charge on any atom is 0.251 e. The van der Waals surface area contributed by atoms with Crippen LogP contribution in [-0.2, 0) is 4.79 Å². The Bertz CT molecular complexity index is 1030. The van der Waals surface area contributed by atoms with Gasteiger partial charge in [0.1, 0.15) is 17.2 Å². The summed E-state index contributed by atoms with van der Waals surface area (Å²) in [6.45, 7) is 2.69. The van der Waals surface area contributed by atoms with Crippen molar-refractivity contribution < 1.29 is 23.8 Å². The molecule has 0 radical (unpaired) electrons. The van der Waals surface area contributed by atoms with E-state index in [0.717, 1.165) is 16.0 Å². The zero-order valence-corrected chi connectivity index (χ0v) is 17.8. The van der Waals surface area contributed by atoms with Gasteiger partial charge in [-0.3, -0.25) is 9.59 Å². The van der Waals surface area contributed by atoms with E-state index in [0.29, 0.717) is 28.8 Å².